The fourth-order valence-corrected chi connectivity index (χ4v) is 3.57. The second-order valence-corrected chi connectivity index (χ2v) is 6.32. The van der Waals surface area contributed by atoms with Gasteiger partial charge in [0.2, 0.25) is 0 Å². The van der Waals surface area contributed by atoms with Crippen LogP contribution in [0.4, 0.5) is 0 Å². The molecule has 6 heteroatoms. The lowest BCUT2D eigenvalue weighted by Gasteiger charge is -2.34. The van der Waals surface area contributed by atoms with E-state index in [0.717, 1.165) is 38.6 Å². The molecule has 120 valence electrons. The zero-order valence-electron chi connectivity index (χ0n) is 12.5. The van der Waals surface area contributed by atoms with Crippen molar-refractivity contribution in [1.82, 2.24) is 10.2 Å². The van der Waals surface area contributed by atoms with Gasteiger partial charge in [-0.2, -0.15) is 0 Å². The Balaban J connectivity index is 1.57. The molecule has 0 radical (unpaired) electrons. The molecule has 3 heterocycles. The van der Waals surface area contributed by atoms with Gasteiger partial charge in [-0.15, -0.1) is 11.3 Å². The van der Waals surface area contributed by atoms with E-state index >= 15 is 0 Å². The first-order valence-corrected chi connectivity index (χ1v) is 8.49. The van der Waals surface area contributed by atoms with Crippen molar-refractivity contribution in [1.29, 1.82) is 0 Å². The van der Waals surface area contributed by atoms with E-state index in [0.29, 0.717) is 18.3 Å². The molecule has 0 unspecified atom stereocenters. The number of thiophene rings is 1. The van der Waals surface area contributed by atoms with E-state index in [1.165, 1.54) is 4.88 Å². The van der Waals surface area contributed by atoms with Crippen molar-refractivity contribution in [3.8, 4) is 0 Å². The quantitative estimate of drug-likeness (QED) is 0.816. The second kappa shape index (κ2) is 7.89. The van der Waals surface area contributed by atoms with Crippen LogP contribution in [0.15, 0.2) is 34.1 Å². The number of morpholine rings is 1. The Morgan fingerprint density at radius 1 is 1.23 bits per heavy atom. The van der Waals surface area contributed by atoms with Crippen LogP contribution in [-0.4, -0.2) is 42.9 Å². The minimum Gasteiger partial charge on any atom is -0.462 e. The maximum Gasteiger partial charge on any atom is 0.129 e. The van der Waals surface area contributed by atoms with Gasteiger partial charge in [0.05, 0.1) is 25.8 Å². The molecule has 0 aromatic carbocycles. The Labute approximate surface area is 134 Å². The number of nitrogens with zero attached hydrogens (tertiary/aromatic N) is 1. The fourth-order valence-electron chi connectivity index (χ4n) is 2.71. The minimum atomic E-state index is -0.0500. The van der Waals surface area contributed by atoms with Crippen molar-refractivity contribution >= 4 is 11.3 Å². The van der Waals surface area contributed by atoms with Gasteiger partial charge in [0, 0.05) is 24.5 Å². The van der Waals surface area contributed by atoms with E-state index in [4.69, 9.17) is 14.3 Å². The van der Waals surface area contributed by atoms with Crippen molar-refractivity contribution < 1.29 is 14.3 Å². The highest BCUT2D eigenvalue weighted by atomic mass is 32.1. The van der Waals surface area contributed by atoms with Crippen LogP contribution >= 0.6 is 11.3 Å². The predicted octanol–water partition coefficient (Wildman–Crippen LogP) is 2.00. The molecule has 3 rings (SSSR count). The third kappa shape index (κ3) is 3.97. The normalized spacial score (nSPS) is 17.7. The molecule has 22 heavy (non-hydrogen) atoms. The van der Waals surface area contributed by atoms with Gasteiger partial charge in [0.15, 0.2) is 0 Å². The van der Waals surface area contributed by atoms with Crippen molar-refractivity contribution in [3.63, 3.8) is 0 Å². The SMILES string of the molecule is OCc1ccc(CNC[C@H](c2cccs2)N2CCOCC2)o1. The number of aliphatic hydroxyl groups excluding tert-OH is 1. The second-order valence-electron chi connectivity index (χ2n) is 5.34. The maximum absolute atomic E-state index is 9.03. The molecular weight excluding hydrogens is 300 g/mol. The van der Waals surface area contributed by atoms with Crippen molar-refractivity contribution in [3.05, 3.63) is 46.0 Å². The van der Waals surface area contributed by atoms with E-state index in [-0.39, 0.29) is 6.61 Å². The molecule has 0 aliphatic carbocycles. The third-order valence-corrected chi connectivity index (χ3v) is 4.84. The molecule has 1 saturated heterocycles. The van der Waals surface area contributed by atoms with Gasteiger partial charge < -0.3 is 19.6 Å². The third-order valence-electron chi connectivity index (χ3n) is 3.87. The fraction of sp³-hybridized carbons (Fsp3) is 0.500. The van der Waals surface area contributed by atoms with Gasteiger partial charge in [-0.3, -0.25) is 4.90 Å². The van der Waals surface area contributed by atoms with Crippen LogP contribution in [0.1, 0.15) is 22.4 Å². The first-order chi connectivity index (χ1) is 10.9. The number of aliphatic hydroxyl groups is 1. The Kier molecular flexibility index (Phi) is 5.64. The summed E-state index contributed by atoms with van der Waals surface area (Å²) in [6, 6.07) is 8.40. The zero-order valence-corrected chi connectivity index (χ0v) is 13.3. The highest BCUT2D eigenvalue weighted by molar-refractivity contribution is 7.10. The number of furan rings is 1. The molecule has 0 saturated carbocycles. The van der Waals surface area contributed by atoms with Crippen LogP contribution in [0.3, 0.4) is 0 Å². The summed E-state index contributed by atoms with van der Waals surface area (Å²) >= 11 is 1.80. The molecule has 2 N–H and O–H groups in total. The summed E-state index contributed by atoms with van der Waals surface area (Å²) in [6.07, 6.45) is 0. The Morgan fingerprint density at radius 2 is 2.05 bits per heavy atom. The van der Waals surface area contributed by atoms with Crippen molar-refractivity contribution in [2.45, 2.75) is 19.2 Å². The van der Waals surface area contributed by atoms with Gasteiger partial charge in [-0.1, -0.05) is 6.07 Å². The monoisotopic (exact) mass is 322 g/mol. The highest BCUT2D eigenvalue weighted by Gasteiger charge is 2.23. The first kappa shape index (κ1) is 15.7. The van der Waals surface area contributed by atoms with Crippen LogP contribution in [0.25, 0.3) is 0 Å². The molecule has 0 spiro atoms. The minimum absolute atomic E-state index is 0.0500. The standard InChI is InChI=1S/C16H22N2O3S/c19-12-14-4-3-13(21-14)10-17-11-15(16-2-1-9-22-16)18-5-7-20-8-6-18/h1-4,9,15,17,19H,5-8,10-12H2/t15-/m1/s1. The molecule has 2 aromatic heterocycles. The van der Waals surface area contributed by atoms with Crippen LogP contribution in [0.2, 0.25) is 0 Å². The number of rotatable bonds is 7. The van der Waals surface area contributed by atoms with Crippen LogP contribution in [-0.2, 0) is 17.9 Å². The Bertz CT molecular complexity index is 550. The Morgan fingerprint density at radius 3 is 2.73 bits per heavy atom. The molecule has 1 atom stereocenters. The summed E-state index contributed by atoms with van der Waals surface area (Å²) in [5.41, 5.74) is 0. The lowest BCUT2D eigenvalue weighted by Crippen LogP contribution is -2.42. The molecule has 1 aliphatic heterocycles. The summed E-state index contributed by atoms with van der Waals surface area (Å²) in [6.45, 7) is 5.05. The smallest absolute Gasteiger partial charge is 0.129 e. The van der Waals surface area contributed by atoms with Gasteiger partial charge in [0.25, 0.3) is 0 Å². The molecule has 0 bridgehead atoms. The molecule has 1 aliphatic rings. The summed E-state index contributed by atoms with van der Waals surface area (Å²) in [4.78, 5) is 3.86. The molecule has 1 fully saturated rings. The lowest BCUT2D eigenvalue weighted by atomic mass is 10.2. The molecule has 2 aromatic rings. The zero-order chi connectivity index (χ0) is 15.2. The van der Waals surface area contributed by atoms with Crippen LogP contribution in [0, 0.1) is 0 Å². The molecule has 0 amide bonds. The van der Waals surface area contributed by atoms with E-state index in [1.807, 2.05) is 12.1 Å². The van der Waals surface area contributed by atoms with Gasteiger partial charge >= 0.3 is 0 Å². The van der Waals surface area contributed by atoms with E-state index in [1.54, 1.807) is 11.3 Å². The number of hydrogen-bond acceptors (Lipinski definition) is 6. The summed E-state index contributed by atoms with van der Waals surface area (Å²) < 4.78 is 11.0. The van der Waals surface area contributed by atoms with E-state index < -0.39 is 0 Å². The first-order valence-electron chi connectivity index (χ1n) is 7.61. The summed E-state index contributed by atoms with van der Waals surface area (Å²) in [5, 5.41) is 14.6. The Hall–Kier alpha value is -1.18. The number of ether oxygens (including phenoxy) is 1. The van der Waals surface area contributed by atoms with Gasteiger partial charge in [-0.05, 0) is 23.6 Å². The topological polar surface area (TPSA) is 57.9 Å². The van der Waals surface area contributed by atoms with E-state index in [2.05, 4.69) is 27.7 Å². The van der Waals surface area contributed by atoms with Crippen LogP contribution < -0.4 is 5.32 Å². The molecular formula is C16H22N2O3S. The summed E-state index contributed by atoms with van der Waals surface area (Å²) in [7, 11) is 0. The van der Waals surface area contributed by atoms with Crippen LogP contribution in [0.5, 0.6) is 0 Å². The van der Waals surface area contributed by atoms with Gasteiger partial charge in [0.1, 0.15) is 18.1 Å². The lowest BCUT2D eigenvalue weighted by molar-refractivity contribution is 0.0167. The predicted molar refractivity (Wildman–Crippen MR) is 85.8 cm³/mol. The number of nitrogens with one attached hydrogen (secondary N) is 1. The average molecular weight is 322 g/mol. The molecule has 5 nitrogen and oxygen atoms in total. The van der Waals surface area contributed by atoms with Crippen molar-refractivity contribution in [2.75, 3.05) is 32.8 Å². The number of hydrogen-bond donors (Lipinski definition) is 2. The maximum atomic E-state index is 9.03. The van der Waals surface area contributed by atoms with Gasteiger partial charge in [-0.25, -0.2) is 0 Å². The van der Waals surface area contributed by atoms with E-state index in [9.17, 15) is 0 Å². The largest absolute Gasteiger partial charge is 0.462 e. The van der Waals surface area contributed by atoms with Crippen molar-refractivity contribution in [2.24, 2.45) is 0 Å². The average Bonchev–Trinajstić information content (AvgIpc) is 3.24. The highest BCUT2D eigenvalue weighted by Crippen LogP contribution is 2.25. The summed E-state index contributed by atoms with van der Waals surface area (Å²) in [5.74, 6) is 1.47.